The third-order valence-electron chi connectivity index (χ3n) is 6.42. The number of hydrogen-bond donors (Lipinski definition) is 2. The van der Waals surface area contributed by atoms with E-state index in [1.807, 2.05) is 0 Å². The number of ether oxygens (including phenoxy) is 1. The number of sulfonamides is 1. The minimum Gasteiger partial charge on any atom is -0.443 e. The van der Waals surface area contributed by atoms with E-state index < -0.39 is 51.7 Å². The van der Waals surface area contributed by atoms with Crippen LogP contribution < -0.4 is 10.5 Å². The Morgan fingerprint density at radius 1 is 1.00 bits per heavy atom. The standard InChI is InChI=1S/C25H27F3N6O6S/c1-24(2,3)22(36)32-19-6-16(25(26,27)28)7-30-20(19)13-40-23(37)34-11-14-9-33(10-15(14)12-34)21(35)18-5-4-17(8-31-18)41(29,38)39/h4-8H,9-13H2,1-3H3,(H,32,36)(H2,29,38,39). The lowest BCUT2D eigenvalue weighted by molar-refractivity contribution is -0.137. The lowest BCUT2D eigenvalue weighted by Gasteiger charge is -2.23. The van der Waals surface area contributed by atoms with Crippen molar-refractivity contribution in [3.63, 3.8) is 0 Å². The van der Waals surface area contributed by atoms with Gasteiger partial charge in [0, 0.05) is 44.0 Å². The predicted octanol–water partition coefficient (Wildman–Crippen LogP) is 2.53. The molecular formula is C25H27F3N6O6S. The first-order valence-electron chi connectivity index (χ1n) is 12.2. The summed E-state index contributed by atoms with van der Waals surface area (Å²) in [7, 11) is -3.95. The summed E-state index contributed by atoms with van der Waals surface area (Å²) >= 11 is 0. The van der Waals surface area contributed by atoms with Crippen molar-refractivity contribution in [3.05, 3.63) is 58.7 Å². The van der Waals surface area contributed by atoms with E-state index in [1.54, 1.807) is 20.8 Å². The molecule has 0 aromatic carbocycles. The maximum Gasteiger partial charge on any atom is 0.417 e. The van der Waals surface area contributed by atoms with Crippen molar-refractivity contribution in [2.75, 3.05) is 31.5 Å². The zero-order valence-electron chi connectivity index (χ0n) is 22.3. The molecule has 16 heteroatoms. The van der Waals surface area contributed by atoms with Gasteiger partial charge in [-0.05, 0) is 29.3 Å². The molecule has 3 amide bonds. The summed E-state index contributed by atoms with van der Waals surface area (Å²) < 4.78 is 67.8. The number of nitrogens with two attached hydrogens (primary N) is 1. The van der Waals surface area contributed by atoms with Crippen LogP contribution in [0.4, 0.5) is 23.7 Å². The normalized spacial score (nSPS) is 15.7. The van der Waals surface area contributed by atoms with Gasteiger partial charge in [-0.2, -0.15) is 13.2 Å². The number of carbonyl (C=O) groups is 3. The zero-order valence-corrected chi connectivity index (χ0v) is 23.1. The van der Waals surface area contributed by atoms with E-state index >= 15 is 0 Å². The van der Waals surface area contributed by atoms with Crippen molar-refractivity contribution in [2.24, 2.45) is 10.6 Å². The maximum atomic E-state index is 13.2. The molecule has 0 spiro atoms. The van der Waals surface area contributed by atoms with Crippen LogP contribution in [0.25, 0.3) is 0 Å². The lowest BCUT2D eigenvalue weighted by atomic mass is 9.95. The Labute approximate surface area is 233 Å². The van der Waals surface area contributed by atoms with Gasteiger partial charge in [0.05, 0.1) is 11.3 Å². The van der Waals surface area contributed by atoms with E-state index in [1.165, 1.54) is 21.9 Å². The average Bonchev–Trinajstić information content (AvgIpc) is 3.45. The molecule has 0 saturated heterocycles. The average molecular weight is 597 g/mol. The Kier molecular flexibility index (Phi) is 7.84. The summed E-state index contributed by atoms with van der Waals surface area (Å²) in [5, 5.41) is 7.48. The van der Waals surface area contributed by atoms with Crippen LogP contribution in [0, 0.1) is 5.41 Å². The van der Waals surface area contributed by atoms with Gasteiger partial charge in [0.25, 0.3) is 5.91 Å². The quantitative estimate of drug-likeness (QED) is 0.497. The number of hydrogen-bond acceptors (Lipinski definition) is 8. The Morgan fingerprint density at radius 2 is 1.61 bits per heavy atom. The van der Waals surface area contributed by atoms with Crippen molar-refractivity contribution >= 4 is 33.6 Å². The molecule has 0 saturated carbocycles. The highest BCUT2D eigenvalue weighted by Gasteiger charge is 2.36. The Bertz CT molecular complexity index is 1520. The van der Waals surface area contributed by atoms with E-state index in [0.717, 1.165) is 23.4 Å². The Morgan fingerprint density at radius 3 is 2.12 bits per heavy atom. The molecule has 0 unspecified atom stereocenters. The molecule has 2 aromatic heterocycles. The van der Waals surface area contributed by atoms with Crippen LogP contribution in [0.15, 0.2) is 46.6 Å². The summed E-state index contributed by atoms with van der Waals surface area (Å²) in [6, 6.07) is 3.20. The van der Waals surface area contributed by atoms with Crippen molar-refractivity contribution < 1.29 is 40.7 Å². The Balaban J connectivity index is 1.36. The first-order chi connectivity index (χ1) is 18.9. The number of nitrogens with one attached hydrogen (secondary N) is 1. The SMILES string of the molecule is CC(C)(C)C(=O)Nc1cc(C(F)(F)F)cnc1COC(=O)N1CC2=C(C1)CN(C(=O)c1ccc(S(N)(=O)=O)cn1)C2. The van der Waals surface area contributed by atoms with Crippen LogP contribution in [0.5, 0.6) is 0 Å². The van der Waals surface area contributed by atoms with Gasteiger partial charge < -0.3 is 19.9 Å². The van der Waals surface area contributed by atoms with Crippen molar-refractivity contribution in [3.8, 4) is 0 Å². The van der Waals surface area contributed by atoms with Gasteiger partial charge in [0.2, 0.25) is 15.9 Å². The minimum absolute atomic E-state index is 0.0354. The number of rotatable bonds is 5. The highest BCUT2D eigenvalue weighted by atomic mass is 32.2. The van der Waals surface area contributed by atoms with Crippen molar-refractivity contribution in [1.29, 1.82) is 0 Å². The van der Waals surface area contributed by atoms with E-state index in [2.05, 4.69) is 15.3 Å². The van der Waals surface area contributed by atoms with Gasteiger partial charge in [-0.1, -0.05) is 20.8 Å². The number of pyridine rings is 2. The highest BCUT2D eigenvalue weighted by molar-refractivity contribution is 7.89. The number of primary sulfonamides is 1. The number of halogens is 3. The molecule has 41 heavy (non-hydrogen) atoms. The Hall–Kier alpha value is -4.05. The third kappa shape index (κ3) is 6.82. The van der Waals surface area contributed by atoms with Gasteiger partial charge in [-0.15, -0.1) is 0 Å². The second kappa shape index (κ2) is 10.7. The largest absolute Gasteiger partial charge is 0.443 e. The fourth-order valence-electron chi connectivity index (χ4n) is 4.09. The van der Waals surface area contributed by atoms with Gasteiger partial charge in [-0.3, -0.25) is 14.6 Å². The summed E-state index contributed by atoms with van der Waals surface area (Å²) in [5.41, 5.74) is -0.552. The summed E-state index contributed by atoms with van der Waals surface area (Å²) in [4.78, 5) is 48.3. The maximum absolute atomic E-state index is 13.2. The van der Waals surface area contributed by atoms with E-state index in [4.69, 9.17) is 9.88 Å². The fraction of sp³-hybridized carbons (Fsp3) is 0.400. The molecule has 4 heterocycles. The van der Waals surface area contributed by atoms with Gasteiger partial charge in [0.1, 0.15) is 22.9 Å². The molecule has 0 atom stereocenters. The number of anilines is 1. The second-order valence-corrected chi connectivity index (χ2v) is 12.2. The summed E-state index contributed by atoms with van der Waals surface area (Å²) in [6.45, 7) is 5.09. The van der Waals surface area contributed by atoms with Crippen LogP contribution in [-0.4, -0.2) is 72.3 Å². The van der Waals surface area contributed by atoms with Crippen LogP contribution in [0.2, 0.25) is 0 Å². The molecule has 220 valence electrons. The smallest absolute Gasteiger partial charge is 0.417 e. The van der Waals surface area contributed by atoms with Crippen LogP contribution >= 0.6 is 0 Å². The number of carbonyl (C=O) groups excluding carboxylic acids is 3. The molecule has 4 rings (SSSR count). The molecule has 0 radical (unpaired) electrons. The highest BCUT2D eigenvalue weighted by Crippen LogP contribution is 2.32. The number of aromatic nitrogens is 2. The number of amides is 3. The number of nitrogens with zero attached hydrogens (tertiary/aromatic N) is 4. The molecule has 2 aliphatic rings. The fourth-order valence-corrected chi connectivity index (χ4v) is 4.55. The van der Waals surface area contributed by atoms with E-state index in [0.29, 0.717) is 6.20 Å². The first kappa shape index (κ1) is 29.9. The van der Waals surface area contributed by atoms with Crippen LogP contribution in [-0.2, 0) is 32.3 Å². The van der Waals surface area contributed by atoms with Crippen LogP contribution in [0.1, 0.15) is 42.5 Å². The number of alkyl halides is 3. The van der Waals surface area contributed by atoms with Crippen molar-refractivity contribution in [1.82, 2.24) is 19.8 Å². The molecule has 12 nitrogen and oxygen atoms in total. The lowest BCUT2D eigenvalue weighted by Crippen LogP contribution is -2.37. The van der Waals surface area contributed by atoms with Gasteiger partial charge >= 0.3 is 12.3 Å². The molecular weight excluding hydrogens is 569 g/mol. The molecule has 2 aromatic rings. The molecule has 0 aliphatic carbocycles. The molecule has 2 aliphatic heterocycles. The van der Waals surface area contributed by atoms with Crippen molar-refractivity contribution in [2.45, 2.75) is 38.4 Å². The zero-order chi connectivity index (χ0) is 30.3. The van der Waals surface area contributed by atoms with Gasteiger partial charge in [0.15, 0.2) is 0 Å². The van der Waals surface area contributed by atoms with E-state index in [-0.39, 0.29) is 48.1 Å². The second-order valence-electron chi connectivity index (χ2n) is 10.6. The monoisotopic (exact) mass is 596 g/mol. The summed E-state index contributed by atoms with van der Waals surface area (Å²) in [5.74, 6) is -0.964. The molecule has 0 bridgehead atoms. The van der Waals surface area contributed by atoms with Crippen LogP contribution in [0.3, 0.4) is 0 Å². The topological polar surface area (TPSA) is 165 Å². The van der Waals surface area contributed by atoms with Gasteiger partial charge in [-0.25, -0.2) is 23.3 Å². The molecule has 0 fully saturated rings. The minimum atomic E-state index is -4.69. The molecule has 3 N–H and O–H groups in total. The van der Waals surface area contributed by atoms with E-state index in [9.17, 15) is 36.0 Å². The first-order valence-corrected chi connectivity index (χ1v) is 13.8. The predicted molar refractivity (Wildman–Crippen MR) is 138 cm³/mol. The summed E-state index contributed by atoms with van der Waals surface area (Å²) in [6.07, 6.45) is -3.83. The third-order valence-corrected chi connectivity index (χ3v) is 7.31.